The first-order chi connectivity index (χ1) is 12.8. The van der Waals surface area contributed by atoms with Crippen LogP contribution >= 0.6 is 23.2 Å². The molecule has 7 nitrogen and oxygen atoms in total. The highest BCUT2D eigenvalue weighted by molar-refractivity contribution is 7.89. The van der Waals surface area contributed by atoms with Gasteiger partial charge in [0.05, 0.1) is 22.7 Å². The number of carbonyl (C=O) groups excluding carboxylic acids is 1. The Morgan fingerprint density at radius 3 is 2.67 bits per heavy atom. The third-order valence-electron chi connectivity index (χ3n) is 3.45. The molecule has 2 heterocycles. The van der Waals surface area contributed by atoms with Gasteiger partial charge in [-0.05, 0) is 42.5 Å². The Labute approximate surface area is 165 Å². The van der Waals surface area contributed by atoms with Crippen molar-refractivity contribution in [3.8, 4) is 0 Å². The van der Waals surface area contributed by atoms with Crippen molar-refractivity contribution in [1.29, 1.82) is 0 Å². The van der Waals surface area contributed by atoms with Gasteiger partial charge in [0.1, 0.15) is 16.6 Å². The Morgan fingerprint density at radius 1 is 1.11 bits per heavy atom. The van der Waals surface area contributed by atoms with Gasteiger partial charge in [-0.25, -0.2) is 18.1 Å². The molecule has 1 amide bonds. The molecular weight excluding hydrogens is 413 g/mol. The van der Waals surface area contributed by atoms with Crippen LogP contribution in [-0.2, 0) is 16.6 Å². The van der Waals surface area contributed by atoms with E-state index in [9.17, 15) is 13.2 Å². The minimum absolute atomic E-state index is 0.00790. The van der Waals surface area contributed by atoms with Crippen molar-refractivity contribution in [2.24, 2.45) is 0 Å². The lowest BCUT2D eigenvalue weighted by atomic mass is 10.3. The van der Waals surface area contributed by atoms with Crippen LogP contribution in [0.5, 0.6) is 0 Å². The van der Waals surface area contributed by atoms with Crippen LogP contribution in [0.15, 0.2) is 64.1 Å². The molecule has 2 N–H and O–H groups in total. The average Bonchev–Trinajstić information content (AvgIpc) is 3.16. The van der Waals surface area contributed by atoms with Crippen molar-refractivity contribution >= 4 is 44.8 Å². The van der Waals surface area contributed by atoms with Crippen molar-refractivity contribution in [2.75, 3.05) is 5.32 Å². The van der Waals surface area contributed by atoms with Crippen molar-refractivity contribution in [3.63, 3.8) is 0 Å². The number of hydrogen-bond donors (Lipinski definition) is 2. The minimum Gasteiger partial charge on any atom is -0.468 e. The fourth-order valence-electron chi connectivity index (χ4n) is 2.17. The van der Waals surface area contributed by atoms with E-state index in [0.717, 1.165) is 0 Å². The molecular formula is C17H13Cl2N3O4S. The number of carbonyl (C=O) groups is 1. The van der Waals surface area contributed by atoms with Gasteiger partial charge in [-0.2, -0.15) is 0 Å². The van der Waals surface area contributed by atoms with E-state index in [1.54, 1.807) is 18.2 Å². The summed E-state index contributed by atoms with van der Waals surface area (Å²) in [4.78, 5) is 16.2. The molecule has 0 saturated carbocycles. The summed E-state index contributed by atoms with van der Waals surface area (Å²) in [6.45, 7) is 0.00790. The third kappa shape index (κ3) is 4.86. The van der Waals surface area contributed by atoms with Gasteiger partial charge in [-0.1, -0.05) is 29.3 Å². The molecule has 3 aromatic rings. The predicted molar refractivity (Wildman–Crippen MR) is 101 cm³/mol. The van der Waals surface area contributed by atoms with Crippen LogP contribution in [0.1, 0.15) is 16.2 Å². The largest absolute Gasteiger partial charge is 0.468 e. The number of anilines is 1. The Bertz CT molecular complexity index is 1070. The second-order valence-electron chi connectivity index (χ2n) is 5.35. The van der Waals surface area contributed by atoms with Crippen LogP contribution in [0.4, 0.5) is 5.69 Å². The summed E-state index contributed by atoms with van der Waals surface area (Å²) in [7, 11) is -3.80. The van der Waals surface area contributed by atoms with Crippen molar-refractivity contribution in [1.82, 2.24) is 9.71 Å². The number of amides is 1. The van der Waals surface area contributed by atoms with Crippen LogP contribution < -0.4 is 10.0 Å². The maximum absolute atomic E-state index is 12.4. The molecule has 0 aliphatic heterocycles. The van der Waals surface area contributed by atoms with Crippen LogP contribution in [-0.4, -0.2) is 19.3 Å². The summed E-state index contributed by atoms with van der Waals surface area (Å²) in [6.07, 6.45) is 1.45. The Hall–Kier alpha value is -2.39. The summed E-state index contributed by atoms with van der Waals surface area (Å²) >= 11 is 11.7. The van der Waals surface area contributed by atoms with E-state index >= 15 is 0 Å². The highest BCUT2D eigenvalue weighted by Crippen LogP contribution is 2.20. The number of pyridine rings is 1. The van der Waals surface area contributed by atoms with E-state index in [-0.39, 0.29) is 33.0 Å². The van der Waals surface area contributed by atoms with Gasteiger partial charge in [0.2, 0.25) is 10.0 Å². The zero-order chi connectivity index (χ0) is 19.4. The van der Waals surface area contributed by atoms with Gasteiger partial charge >= 0.3 is 0 Å². The molecule has 1 aromatic carbocycles. The smallest absolute Gasteiger partial charge is 0.275 e. The first kappa shape index (κ1) is 19.4. The maximum atomic E-state index is 12.4. The van der Waals surface area contributed by atoms with E-state index in [2.05, 4.69) is 15.0 Å². The molecule has 0 radical (unpaired) electrons. The van der Waals surface area contributed by atoms with Gasteiger partial charge in [0, 0.05) is 5.69 Å². The summed E-state index contributed by atoms with van der Waals surface area (Å²) in [5.41, 5.74) is 0.201. The summed E-state index contributed by atoms with van der Waals surface area (Å²) in [5, 5.41) is 2.79. The summed E-state index contributed by atoms with van der Waals surface area (Å²) < 4.78 is 32.4. The van der Waals surface area contributed by atoms with Gasteiger partial charge in [-0.15, -0.1) is 0 Å². The molecule has 3 rings (SSSR count). The Balaban J connectivity index is 1.76. The van der Waals surface area contributed by atoms with Crippen molar-refractivity contribution in [3.05, 3.63) is 76.4 Å². The first-order valence-electron chi connectivity index (χ1n) is 7.61. The van der Waals surface area contributed by atoms with Crippen LogP contribution in [0.3, 0.4) is 0 Å². The van der Waals surface area contributed by atoms with Gasteiger partial charge < -0.3 is 9.73 Å². The molecule has 0 bridgehead atoms. The number of nitrogens with zero attached hydrogens (tertiary/aromatic N) is 1. The number of halogens is 2. The summed E-state index contributed by atoms with van der Waals surface area (Å²) in [6, 6.07) is 12.0. The number of benzene rings is 1. The molecule has 0 unspecified atom stereocenters. The number of hydrogen-bond acceptors (Lipinski definition) is 5. The van der Waals surface area contributed by atoms with E-state index < -0.39 is 15.9 Å². The molecule has 0 spiro atoms. The van der Waals surface area contributed by atoms with E-state index in [1.807, 2.05) is 0 Å². The zero-order valence-electron chi connectivity index (χ0n) is 13.6. The molecule has 0 aliphatic rings. The maximum Gasteiger partial charge on any atom is 0.275 e. The number of nitrogens with one attached hydrogen (secondary N) is 2. The molecule has 0 saturated heterocycles. The monoisotopic (exact) mass is 425 g/mol. The normalized spacial score (nSPS) is 11.3. The zero-order valence-corrected chi connectivity index (χ0v) is 16.0. The number of furan rings is 1. The van der Waals surface area contributed by atoms with Gasteiger partial charge in [0.15, 0.2) is 0 Å². The predicted octanol–water partition coefficient (Wildman–Crippen LogP) is 3.71. The molecule has 0 aliphatic carbocycles. The highest BCUT2D eigenvalue weighted by atomic mass is 35.5. The second-order valence-corrected chi connectivity index (χ2v) is 7.91. The van der Waals surface area contributed by atoms with Gasteiger partial charge in [-0.3, -0.25) is 4.79 Å². The van der Waals surface area contributed by atoms with Crippen molar-refractivity contribution < 1.29 is 17.6 Å². The molecule has 27 heavy (non-hydrogen) atoms. The lowest BCUT2D eigenvalue weighted by molar-refractivity contribution is 0.102. The second kappa shape index (κ2) is 8.10. The lowest BCUT2D eigenvalue weighted by Crippen LogP contribution is -2.23. The van der Waals surface area contributed by atoms with E-state index in [1.165, 1.54) is 36.6 Å². The number of aromatic nitrogens is 1. The first-order valence-corrected chi connectivity index (χ1v) is 9.84. The van der Waals surface area contributed by atoms with Crippen LogP contribution in [0.2, 0.25) is 10.2 Å². The minimum atomic E-state index is -3.80. The SMILES string of the molecule is O=C(Nc1cccc(S(=O)(=O)NCc2ccco2)c1)c1nc(Cl)ccc1Cl. The fourth-order valence-corrected chi connectivity index (χ4v) is 3.55. The van der Waals surface area contributed by atoms with E-state index in [4.69, 9.17) is 27.6 Å². The molecule has 140 valence electrons. The van der Waals surface area contributed by atoms with E-state index in [0.29, 0.717) is 5.76 Å². The molecule has 2 aromatic heterocycles. The topological polar surface area (TPSA) is 101 Å². The van der Waals surface area contributed by atoms with Gasteiger partial charge in [0.25, 0.3) is 5.91 Å². The lowest BCUT2D eigenvalue weighted by Gasteiger charge is -2.09. The molecule has 10 heteroatoms. The number of rotatable bonds is 6. The number of sulfonamides is 1. The highest BCUT2D eigenvalue weighted by Gasteiger charge is 2.17. The third-order valence-corrected chi connectivity index (χ3v) is 5.36. The quantitative estimate of drug-likeness (QED) is 0.586. The van der Waals surface area contributed by atoms with Crippen LogP contribution in [0.25, 0.3) is 0 Å². The Morgan fingerprint density at radius 2 is 1.93 bits per heavy atom. The average molecular weight is 426 g/mol. The standard InChI is InChI=1S/C17H13Cl2N3O4S/c18-14-6-7-15(19)22-16(14)17(23)21-11-3-1-5-13(9-11)27(24,25)20-10-12-4-2-8-26-12/h1-9,20H,10H2,(H,21,23). The summed E-state index contributed by atoms with van der Waals surface area (Å²) in [5.74, 6) is -0.134. The Kier molecular flexibility index (Phi) is 5.81. The fraction of sp³-hybridized carbons (Fsp3) is 0.0588. The molecule has 0 fully saturated rings. The van der Waals surface area contributed by atoms with Crippen molar-refractivity contribution in [2.45, 2.75) is 11.4 Å². The van der Waals surface area contributed by atoms with Crippen LogP contribution in [0, 0.1) is 0 Å². The molecule has 0 atom stereocenters.